The minimum absolute atomic E-state index is 0.283. The van der Waals surface area contributed by atoms with Crippen molar-refractivity contribution in [2.75, 3.05) is 0 Å². The zero-order chi connectivity index (χ0) is 13.2. The molecule has 3 heteroatoms. The van der Waals surface area contributed by atoms with E-state index in [9.17, 15) is 9.18 Å². The van der Waals surface area contributed by atoms with Gasteiger partial charge >= 0.3 is 0 Å². The smallest absolute Gasteiger partial charge is 0.134 e. The fraction of sp³-hybridized carbons (Fsp3) is 0.188. The van der Waals surface area contributed by atoms with Gasteiger partial charge in [0.2, 0.25) is 0 Å². The Balaban J connectivity index is 1.76. The number of halogens is 1. The Labute approximate surface area is 110 Å². The first kappa shape index (κ1) is 11.9. The largest absolute Gasteiger partial charge is 0.457 e. The molecule has 0 N–H and O–H groups in total. The van der Waals surface area contributed by atoms with Gasteiger partial charge in [0.1, 0.15) is 23.1 Å². The van der Waals surface area contributed by atoms with Gasteiger partial charge < -0.3 is 4.74 Å². The van der Waals surface area contributed by atoms with Gasteiger partial charge in [-0.1, -0.05) is 12.1 Å². The molecular formula is C16H13FO2. The van der Waals surface area contributed by atoms with Crippen LogP contribution < -0.4 is 4.74 Å². The van der Waals surface area contributed by atoms with Gasteiger partial charge in [0.05, 0.1) is 0 Å². The summed E-state index contributed by atoms with van der Waals surface area (Å²) in [7, 11) is 0. The van der Waals surface area contributed by atoms with Crippen molar-refractivity contribution in [3.05, 3.63) is 59.9 Å². The molecule has 2 aromatic rings. The lowest BCUT2D eigenvalue weighted by Crippen LogP contribution is -2.20. The Morgan fingerprint density at radius 2 is 1.74 bits per heavy atom. The Morgan fingerprint density at radius 1 is 1.00 bits per heavy atom. The van der Waals surface area contributed by atoms with Crippen LogP contribution in [0, 0.1) is 5.82 Å². The van der Waals surface area contributed by atoms with Crippen molar-refractivity contribution in [2.45, 2.75) is 18.8 Å². The van der Waals surface area contributed by atoms with Crippen LogP contribution in [-0.4, -0.2) is 5.78 Å². The Kier molecular flexibility index (Phi) is 3.03. The van der Waals surface area contributed by atoms with Crippen molar-refractivity contribution in [3.63, 3.8) is 0 Å². The summed E-state index contributed by atoms with van der Waals surface area (Å²) in [6.45, 7) is 0. The number of carbonyl (C=O) groups is 1. The van der Waals surface area contributed by atoms with Crippen molar-refractivity contribution in [3.8, 4) is 11.5 Å². The number of ketones is 1. The van der Waals surface area contributed by atoms with E-state index in [1.165, 1.54) is 12.1 Å². The Bertz CT molecular complexity index is 596. The van der Waals surface area contributed by atoms with Gasteiger partial charge in [0.15, 0.2) is 0 Å². The third-order valence-corrected chi connectivity index (χ3v) is 3.33. The number of hydrogen-bond acceptors (Lipinski definition) is 2. The number of Topliss-reactive ketones (excluding diaryl/α,β-unsaturated/α-hetero) is 1. The predicted octanol–water partition coefficient (Wildman–Crippen LogP) is 4.06. The molecule has 2 nitrogen and oxygen atoms in total. The summed E-state index contributed by atoms with van der Waals surface area (Å²) in [6, 6.07) is 13.6. The quantitative estimate of drug-likeness (QED) is 0.827. The minimum Gasteiger partial charge on any atom is -0.457 e. The molecule has 0 radical (unpaired) electrons. The summed E-state index contributed by atoms with van der Waals surface area (Å²) in [5, 5.41) is 0. The normalized spacial score (nSPS) is 15.1. The molecule has 0 aromatic heterocycles. The number of benzene rings is 2. The minimum atomic E-state index is -0.283. The molecule has 0 spiro atoms. The topological polar surface area (TPSA) is 26.3 Å². The van der Waals surface area contributed by atoms with Gasteiger partial charge in [-0.05, 0) is 47.9 Å². The maximum atomic E-state index is 12.8. The van der Waals surface area contributed by atoms with Crippen LogP contribution in [0.3, 0.4) is 0 Å². The second kappa shape index (κ2) is 4.84. The molecular weight excluding hydrogens is 243 g/mol. The van der Waals surface area contributed by atoms with E-state index in [1.807, 2.05) is 24.3 Å². The Hall–Kier alpha value is -2.16. The highest BCUT2D eigenvalue weighted by atomic mass is 19.1. The monoisotopic (exact) mass is 256 g/mol. The van der Waals surface area contributed by atoms with Crippen molar-refractivity contribution in [1.82, 2.24) is 0 Å². The highest BCUT2D eigenvalue weighted by Gasteiger charge is 2.27. The molecule has 0 heterocycles. The molecule has 0 aliphatic heterocycles. The number of hydrogen-bond donors (Lipinski definition) is 0. The molecule has 2 aromatic carbocycles. The van der Waals surface area contributed by atoms with Gasteiger partial charge in [0.25, 0.3) is 0 Å². The molecule has 19 heavy (non-hydrogen) atoms. The number of rotatable bonds is 3. The lowest BCUT2D eigenvalue weighted by molar-refractivity contribution is -0.124. The van der Waals surface area contributed by atoms with Crippen LogP contribution in [0.1, 0.15) is 24.3 Å². The van der Waals surface area contributed by atoms with E-state index in [0.29, 0.717) is 36.0 Å². The van der Waals surface area contributed by atoms with Crippen LogP contribution in [0.5, 0.6) is 11.5 Å². The zero-order valence-corrected chi connectivity index (χ0v) is 10.3. The summed E-state index contributed by atoms with van der Waals surface area (Å²) < 4.78 is 18.5. The van der Waals surface area contributed by atoms with Gasteiger partial charge in [-0.25, -0.2) is 4.39 Å². The van der Waals surface area contributed by atoms with Crippen LogP contribution in [0.25, 0.3) is 0 Å². The van der Waals surface area contributed by atoms with E-state index in [2.05, 4.69) is 0 Å². The fourth-order valence-electron chi connectivity index (χ4n) is 2.20. The highest BCUT2D eigenvalue weighted by Crippen LogP contribution is 2.35. The van der Waals surface area contributed by atoms with E-state index >= 15 is 0 Å². The Morgan fingerprint density at radius 3 is 2.42 bits per heavy atom. The van der Waals surface area contributed by atoms with Crippen LogP contribution in [0.4, 0.5) is 4.39 Å². The SMILES string of the molecule is O=C1CC(c2cccc(Oc3ccc(F)cc3)c2)C1. The van der Waals surface area contributed by atoms with Gasteiger partial charge in [-0.2, -0.15) is 0 Å². The second-order valence-corrected chi connectivity index (χ2v) is 4.77. The first-order valence-corrected chi connectivity index (χ1v) is 6.26. The van der Waals surface area contributed by atoms with Gasteiger partial charge in [-0.3, -0.25) is 4.79 Å². The van der Waals surface area contributed by atoms with Crippen molar-refractivity contribution < 1.29 is 13.9 Å². The first-order chi connectivity index (χ1) is 9.20. The van der Waals surface area contributed by atoms with E-state index in [4.69, 9.17) is 4.74 Å². The van der Waals surface area contributed by atoms with Crippen LogP contribution in [-0.2, 0) is 4.79 Å². The third-order valence-electron chi connectivity index (χ3n) is 3.33. The molecule has 0 atom stereocenters. The second-order valence-electron chi connectivity index (χ2n) is 4.77. The maximum absolute atomic E-state index is 12.8. The van der Waals surface area contributed by atoms with Gasteiger partial charge in [0, 0.05) is 12.8 Å². The summed E-state index contributed by atoms with van der Waals surface area (Å²) in [5.41, 5.74) is 1.12. The van der Waals surface area contributed by atoms with Crippen molar-refractivity contribution in [1.29, 1.82) is 0 Å². The third kappa shape index (κ3) is 2.65. The van der Waals surface area contributed by atoms with Crippen LogP contribution in [0.15, 0.2) is 48.5 Å². The fourth-order valence-corrected chi connectivity index (χ4v) is 2.20. The molecule has 1 saturated carbocycles. The summed E-state index contributed by atoms with van der Waals surface area (Å²) in [6.07, 6.45) is 1.25. The number of ether oxygens (including phenoxy) is 1. The summed E-state index contributed by atoms with van der Waals surface area (Å²) in [5.74, 6) is 1.67. The molecule has 0 saturated heterocycles. The summed E-state index contributed by atoms with van der Waals surface area (Å²) >= 11 is 0. The lowest BCUT2D eigenvalue weighted by Gasteiger charge is -2.24. The maximum Gasteiger partial charge on any atom is 0.134 e. The average molecular weight is 256 g/mol. The molecule has 1 aliphatic carbocycles. The zero-order valence-electron chi connectivity index (χ0n) is 10.3. The highest BCUT2D eigenvalue weighted by molar-refractivity contribution is 5.86. The molecule has 1 fully saturated rings. The van der Waals surface area contributed by atoms with Crippen molar-refractivity contribution in [2.24, 2.45) is 0 Å². The summed E-state index contributed by atoms with van der Waals surface area (Å²) in [4.78, 5) is 11.0. The van der Waals surface area contributed by atoms with E-state index < -0.39 is 0 Å². The molecule has 0 bridgehead atoms. The lowest BCUT2D eigenvalue weighted by atomic mass is 9.79. The average Bonchev–Trinajstić information content (AvgIpc) is 2.38. The van der Waals surface area contributed by atoms with Crippen LogP contribution >= 0.6 is 0 Å². The number of carbonyl (C=O) groups excluding carboxylic acids is 1. The molecule has 3 rings (SSSR count). The van der Waals surface area contributed by atoms with E-state index in [1.54, 1.807) is 12.1 Å². The molecule has 96 valence electrons. The molecule has 0 unspecified atom stereocenters. The van der Waals surface area contributed by atoms with E-state index in [-0.39, 0.29) is 5.82 Å². The van der Waals surface area contributed by atoms with E-state index in [0.717, 1.165) is 5.56 Å². The van der Waals surface area contributed by atoms with Gasteiger partial charge in [-0.15, -0.1) is 0 Å². The standard InChI is InChI=1S/C16H13FO2/c17-13-4-6-15(7-5-13)19-16-3-1-2-11(10-16)12-8-14(18)9-12/h1-7,10,12H,8-9H2. The molecule has 0 amide bonds. The molecule has 1 aliphatic rings. The van der Waals surface area contributed by atoms with Crippen molar-refractivity contribution >= 4 is 5.78 Å². The first-order valence-electron chi connectivity index (χ1n) is 6.26. The van der Waals surface area contributed by atoms with Crippen LogP contribution in [0.2, 0.25) is 0 Å². The predicted molar refractivity (Wildman–Crippen MR) is 69.9 cm³/mol.